The monoisotopic (exact) mass is 408 g/mol. The van der Waals surface area contributed by atoms with Crippen molar-refractivity contribution >= 4 is 33.3 Å². The van der Waals surface area contributed by atoms with Crippen LogP contribution in [0.1, 0.15) is 36.1 Å². The normalized spacial score (nSPS) is 16.4. The van der Waals surface area contributed by atoms with Gasteiger partial charge in [0.25, 0.3) is 0 Å². The Balaban J connectivity index is 1.55. The molecule has 4 heterocycles. The Morgan fingerprint density at radius 2 is 2.03 bits per heavy atom. The molecule has 0 N–H and O–H groups in total. The molecule has 7 nitrogen and oxygen atoms in total. The molecular formula is C21H24N6OS. The Morgan fingerprint density at radius 1 is 1.14 bits per heavy atom. The summed E-state index contributed by atoms with van der Waals surface area (Å²) < 4.78 is 0. The summed E-state index contributed by atoms with van der Waals surface area (Å²) in [6, 6.07) is 0. The number of thiophene rings is 1. The van der Waals surface area contributed by atoms with Crippen molar-refractivity contribution in [3.8, 4) is 11.5 Å². The summed E-state index contributed by atoms with van der Waals surface area (Å²) in [7, 11) is 2.07. The minimum absolute atomic E-state index is 0.263. The van der Waals surface area contributed by atoms with Gasteiger partial charge in [0.15, 0.2) is 5.82 Å². The van der Waals surface area contributed by atoms with Gasteiger partial charge in [-0.15, -0.1) is 11.3 Å². The van der Waals surface area contributed by atoms with E-state index in [9.17, 15) is 4.79 Å². The molecule has 1 aliphatic carbocycles. The van der Waals surface area contributed by atoms with Gasteiger partial charge in [0, 0.05) is 50.4 Å². The lowest BCUT2D eigenvalue weighted by Gasteiger charge is -2.24. The van der Waals surface area contributed by atoms with Gasteiger partial charge in [0.2, 0.25) is 5.91 Å². The van der Waals surface area contributed by atoms with Crippen LogP contribution in [0.2, 0.25) is 0 Å². The van der Waals surface area contributed by atoms with Gasteiger partial charge in [0.1, 0.15) is 16.3 Å². The molecule has 0 aromatic carbocycles. The first-order valence-electron chi connectivity index (χ1n) is 10.3. The van der Waals surface area contributed by atoms with Gasteiger partial charge in [-0.2, -0.15) is 0 Å². The van der Waals surface area contributed by atoms with E-state index >= 15 is 0 Å². The number of nitrogens with zero attached hydrogens (tertiary/aromatic N) is 6. The maximum Gasteiger partial charge on any atom is 0.222 e. The van der Waals surface area contributed by atoms with E-state index in [0.29, 0.717) is 17.9 Å². The second-order valence-corrected chi connectivity index (χ2v) is 8.84. The van der Waals surface area contributed by atoms with Gasteiger partial charge in [-0.25, -0.2) is 15.0 Å². The van der Waals surface area contributed by atoms with Gasteiger partial charge < -0.3 is 9.80 Å². The standard InChI is InChI=1S/C21H24N6OS/c1-26(11-12-27-10-4-7-17(27)28)20-18-14-5-2-3-6-16(14)29-21(18)25-19(24-20)15-13-22-8-9-23-15/h8-9,13H,2-7,10-12H2,1H3. The van der Waals surface area contributed by atoms with Crippen molar-refractivity contribution < 1.29 is 4.79 Å². The number of hydrogen-bond acceptors (Lipinski definition) is 7. The van der Waals surface area contributed by atoms with Crippen molar-refractivity contribution in [3.05, 3.63) is 29.0 Å². The molecule has 0 spiro atoms. The number of likely N-dealkylation sites (N-methyl/N-ethyl adjacent to an activating group) is 1. The second-order valence-electron chi connectivity index (χ2n) is 7.76. The molecule has 5 rings (SSSR count). The first-order chi connectivity index (χ1) is 14.2. The van der Waals surface area contributed by atoms with E-state index in [0.717, 1.165) is 49.5 Å². The summed E-state index contributed by atoms with van der Waals surface area (Å²) in [6.07, 6.45) is 11.4. The molecule has 3 aromatic rings. The van der Waals surface area contributed by atoms with Crippen LogP contribution < -0.4 is 4.90 Å². The third-order valence-corrected chi connectivity index (χ3v) is 7.01. The zero-order valence-electron chi connectivity index (χ0n) is 16.6. The van der Waals surface area contributed by atoms with Crippen LogP contribution >= 0.6 is 11.3 Å². The number of amides is 1. The first kappa shape index (κ1) is 18.4. The lowest BCUT2D eigenvalue weighted by Crippen LogP contribution is -2.34. The number of aromatic nitrogens is 4. The van der Waals surface area contributed by atoms with Crippen molar-refractivity contribution in [1.82, 2.24) is 24.8 Å². The lowest BCUT2D eigenvalue weighted by molar-refractivity contribution is -0.127. The molecule has 0 saturated carbocycles. The fraction of sp³-hybridized carbons (Fsp3) is 0.476. The van der Waals surface area contributed by atoms with Crippen LogP contribution in [0, 0.1) is 0 Å². The Labute approximate surface area is 173 Å². The van der Waals surface area contributed by atoms with Crippen LogP contribution in [-0.4, -0.2) is 57.4 Å². The van der Waals surface area contributed by atoms with Crippen molar-refractivity contribution in [2.24, 2.45) is 0 Å². The van der Waals surface area contributed by atoms with Crippen LogP contribution in [0.5, 0.6) is 0 Å². The Kier molecular flexibility index (Phi) is 4.87. The molecule has 1 fully saturated rings. The maximum absolute atomic E-state index is 12.0. The largest absolute Gasteiger partial charge is 0.357 e. The number of likely N-dealkylation sites (tertiary alicyclic amines) is 1. The molecule has 3 aromatic heterocycles. The van der Waals surface area contributed by atoms with Gasteiger partial charge in [0.05, 0.1) is 11.6 Å². The fourth-order valence-corrected chi connectivity index (χ4v) is 5.52. The minimum atomic E-state index is 0.263. The summed E-state index contributed by atoms with van der Waals surface area (Å²) >= 11 is 1.79. The Bertz CT molecular complexity index is 1050. The number of carbonyl (C=O) groups excluding carboxylic acids is 1. The van der Waals surface area contributed by atoms with Crippen molar-refractivity contribution in [3.63, 3.8) is 0 Å². The van der Waals surface area contributed by atoms with E-state index < -0.39 is 0 Å². The molecule has 0 bridgehead atoms. The second kappa shape index (κ2) is 7.67. The van der Waals surface area contributed by atoms with E-state index in [4.69, 9.17) is 9.97 Å². The van der Waals surface area contributed by atoms with Crippen LogP contribution in [0.3, 0.4) is 0 Å². The fourth-order valence-electron chi connectivity index (χ4n) is 4.26. The smallest absolute Gasteiger partial charge is 0.222 e. The average Bonchev–Trinajstić information content (AvgIpc) is 3.34. The predicted octanol–water partition coefficient (Wildman–Crippen LogP) is 3.09. The third kappa shape index (κ3) is 3.46. The van der Waals surface area contributed by atoms with Crippen LogP contribution in [0.4, 0.5) is 5.82 Å². The highest BCUT2D eigenvalue weighted by atomic mass is 32.1. The van der Waals surface area contributed by atoms with E-state index in [2.05, 4.69) is 21.9 Å². The van der Waals surface area contributed by atoms with Crippen molar-refractivity contribution in [2.45, 2.75) is 38.5 Å². The van der Waals surface area contributed by atoms with Crippen molar-refractivity contribution in [2.75, 3.05) is 31.6 Å². The number of carbonyl (C=O) groups is 1. The van der Waals surface area contributed by atoms with Gasteiger partial charge in [-0.3, -0.25) is 9.78 Å². The molecule has 1 aliphatic heterocycles. The highest BCUT2D eigenvalue weighted by molar-refractivity contribution is 7.19. The van der Waals surface area contributed by atoms with E-state index in [1.54, 1.807) is 29.9 Å². The summed E-state index contributed by atoms with van der Waals surface area (Å²) in [5.41, 5.74) is 2.10. The topological polar surface area (TPSA) is 75.1 Å². The zero-order valence-corrected chi connectivity index (χ0v) is 17.4. The predicted molar refractivity (Wildman–Crippen MR) is 114 cm³/mol. The van der Waals surface area contributed by atoms with Gasteiger partial charge >= 0.3 is 0 Å². The summed E-state index contributed by atoms with van der Waals surface area (Å²) in [4.78, 5) is 37.0. The number of rotatable bonds is 5. The van der Waals surface area contributed by atoms with Crippen LogP contribution in [0.25, 0.3) is 21.7 Å². The molecule has 0 atom stereocenters. The van der Waals surface area contributed by atoms with Crippen LogP contribution in [-0.2, 0) is 17.6 Å². The number of fused-ring (bicyclic) bond motifs is 3. The van der Waals surface area contributed by atoms with Crippen molar-refractivity contribution in [1.29, 1.82) is 0 Å². The van der Waals surface area contributed by atoms with Gasteiger partial charge in [-0.05, 0) is 37.7 Å². The highest BCUT2D eigenvalue weighted by Gasteiger charge is 2.25. The van der Waals surface area contributed by atoms with E-state index in [1.165, 1.54) is 28.7 Å². The minimum Gasteiger partial charge on any atom is -0.357 e. The SMILES string of the molecule is CN(CCN1CCCC1=O)c1nc(-c2cnccn2)nc2sc3c(c12)CCCC3. The summed E-state index contributed by atoms with van der Waals surface area (Å²) in [6.45, 7) is 2.35. The molecule has 1 saturated heterocycles. The molecular weight excluding hydrogens is 384 g/mol. The van der Waals surface area contributed by atoms with Crippen LogP contribution in [0.15, 0.2) is 18.6 Å². The maximum atomic E-state index is 12.0. The first-order valence-corrected chi connectivity index (χ1v) is 11.1. The molecule has 0 unspecified atom stereocenters. The third-order valence-electron chi connectivity index (χ3n) is 5.83. The molecule has 0 radical (unpaired) electrons. The molecule has 1 amide bonds. The van der Waals surface area contributed by atoms with Gasteiger partial charge in [-0.1, -0.05) is 0 Å². The lowest BCUT2D eigenvalue weighted by atomic mass is 9.97. The molecule has 2 aliphatic rings. The number of aryl methyl sites for hydroxylation is 2. The molecule has 8 heteroatoms. The number of hydrogen-bond donors (Lipinski definition) is 0. The van der Waals surface area contributed by atoms with E-state index in [-0.39, 0.29) is 5.91 Å². The quantitative estimate of drug-likeness (QED) is 0.646. The summed E-state index contributed by atoms with van der Waals surface area (Å²) in [5.74, 6) is 1.82. The average molecular weight is 409 g/mol. The molecule has 150 valence electrons. The number of anilines is 1. The summed E-state index contributed by atoms with van der Waals surface area (Å²) in [5, 5.41) is 1.19. The Hall–Kier alpha value is -2.61. The Morgan fingerprint density at radius 3 is 2.83 bits per heavy atom. The van der Waals surface area contributed by atoms with E-state index in [1.807, 2.05) is 4.90 Å². The molecule has 29 heavy (non-hydrogen) atoms. The highest BCUT2D eigenvalue weighted by Crippen LogP contribution is 2.40. The zero-order chi connectivity index (χ0) is 19.8.